The van der Waals surface area contributed by atoms with Crippen molar-refractivity contribution < 1.29 is 23.5 Å². The van der Waals surface area contributed by atoms with E-state index in [0.29, 0.717) is 48.0 Å². The second-order valence-corrected chi connectivity index (χ2v) is 9.28. The minimum absolute atomic E-state index is 0.0764. The highest BCUT2D eigenvalue weighted by atomic mass is 19.1. The zero-order valence-electron chi connectivity index (χ0n) is 20.0. The molecular formula is C29H25F2N3O3. The van der Waals surface area contributed by atoms with E-state index in [0.717, 1.165) is 28.7 Å². The summed E-state index contributed by atoms with van der Waals surface area (Å²) in [6.45, 7) is 0. The zero-order chi connectivity index (χ0) is 25.9. The Labute approximate surface area is 212 Å². The Bertz CT molecular complexity index is 1490. The maximum absolute atomic E-state index is 13.8. The van der Waals surface area contributed by atoms with E-state index in [1.807, 2.05) is 6.07 Å². The van der Waals surface area contributed by atoms with Gasteiger partial charge in [-0.05, 0) is 97.3 Å². The van der Waals surface area contributed by atoms with Gasteiger partial charge in [-0.25, -0.2) is 18.7 Å². The number of unbranched alkanes of at least 4 members (excludes halogenated alkanes) is 1. The molecule has 1 amide bonds. The molecule has 0 aliphatic heterocycles. The average Bonchev–Trinajstić information content (AvgIpc) is 3.27. The monoisotopic (exact) mass is 501 g/mol. The lowest BCUT2D eigenvalue weighted by Crippen LogP contribution is -2.27. The molecule has 2 heterocycles. The fraction of sp³-hybridized carbons (Fsp3) is 0.241. The molecule has 0 bridgehead atoms. The number of carboxylic acid groups (broad SMARTS) is 1. The predicted octanol–water partition coefficient (Wildman–Crippen LogP) is 5.79. The molecule has 37 heavy (non-hydrogen) atoms. The van der Waals surface area contributed by atoms with Crippen molar-refractivity contribution in [1.29, 1.82) is 0 Å². The molecule has 1 atom stereocenters. The minimum Gasteiger partial charge on any atom is -0.481 e. The summed E-state index contributed by atoms with van der Waals surface area (Å²) in [5, 5.41) is 12.6. The number of nitrogens with zero attached hydrogens (tertiary/aromatic N) is 2. The molecule has 0 unspecified atom stereocenters. The van der Waals surface area contributed by atoms with Crippen LogP contribution in [-0.4, -0.2) is 27.0 Å². The molecule has 2 aromatic carbocycles. The highest BCUT2D eigenvalue weighted by molar-refractivity contribution is 5.97. The van der Waals surface area contributed by atoms with Gasteiger partial charge in [-0.1, -0.05) is 6.07 Å². The predicted molar refractivity (Wildman–Crippen MR) is 135 cm³/mol. The molecule has 4 aromatic rings. The van der Waals surface area contributed by atoms with Gasteiger partial charge in [-0.15, -0.1) is 0 Å². The third-order valence-corrected chi connectivity index (χ3v) is 6.70. The van der Waals surface area contributed by atoms with E-state index in [9.17, 15) is 18.4 Å². The Balaban J connectivity index is 1.43. The third-order valence-electron chi connectivity index (χ3n) is 6.70. The molecule has 8 heteroatoms. The Hall–Kier alpha value is -4.20. The SMILES string of the molecule is O=C(O)CCCCc1cc2cc(C(=O)N[C@H]3CCc4ccc(F)cc43)cnc2nc1-c1ccc(F)cc1. The van der Waals surface area contributed by atoms with Gasteiger partial charge in [0.2, 0.25) is 0 Å². The largest absolute Gasteiger partial charge is 0.481 e. The molecule has 2 N–H and O–H groups in total. The fourth-order valence-corrected chi connectivity index (χ4v) is 4.84. The number of nitrogens with one attached hydrogen (secondary N) is 1. The van der Waals surface area contributed by atoms with Gasteiger partial charge in [0.1, 0.15) is 11.6 Å². The smallest absolute Gasteiger partial charge is 0.303 e. The summed E-state index contributed by atoms with van der Waals surface area (Å²) in [5.74, 6) is -1.83. The lowest BCUT2D eigenvalue weighted by atomic mass is 9.99. The minimum atomic E-state index is -0.845. The molecule has 6 nitrogen and oxygen atoms in total. The Morgan fingerprint density at radius 3 is 2.57 bits per heavy atom. The summed E-state index contributed by atoms with van der Waals surface area (Å²) in [6.07, 6.45) is 4.75. The number of halogens is 2. The summed E-state index contributed by atoms with van der Waals surface area (Å²) < 4.78 is 27.3. The van der Waals surface area contributed by atoms with E-state index in [1.54, 1.807) is 24.3 Å². The quantitative estimate of drug-likeness (QED) is 0.298. The van der Waals surface area contributed by atoms with Crippen LogP contribution in [0.1, 0.15) is 58.8 Å². The molecule has 2 aromatic heterocycles. The number of hydrogen-bond acceptors (Lipinski definition) is 4. The van der Waals surface area contributed by atoms with Crippen LogP contribution in [0.4, 0.5) is 8.78 Å². The van der Waals surface area contributed by atoms with Gasteiger partial charge in [-0.2, -0.15) is 0 Å². The number of aryl methyl sites for hydroxylation is 2. The van der Waals surface area contributed by atoms with Crippen LogP contribution in [0, 0.1) is 11.6 Å². The van der Waals surface area contributed by atoms with Crippen molar-refractivity contribution in [1.82, 2.24) is 15.3 Å². The van der Waals surface area contributed by atoms with E-state index in [1.165, 1.54) is 30.5 Å². The number of hydrogen-bond donors (Lipinski definition) is 2. The number of pyridine rings is 2. The molecule has 0 saturated carbocycles. The zero-order valence-corrected chi connectivity index (χ0v) is 20.0. The van der Waals surface area contributed by atoms with Crippen molar-refractivity contribution in [3.05, 3.63) is 94.7 Å². The van der Waals surface area contributed by atoms with E-state index in [2.05, 4.69) is 10.3 Å². The van der Waals surface area contributed by atoms with Crippen LogP contribution >= 0.6 is 0 Å². The summed E-state index contributed by atoms with van der Waals surface area (Å²) >= 11 is 0. The van der Waals surface area contributed by atoms with Crippen LogP contribution in [0.2, 0.25) is 0 Å². The number of amides is 1. The normalized spacial score (nSPS) is 14.5. The van der Waals surface area contributed by atoms with Crippen molar-refractivity contribution in [3.63, 3.8) is 0 Å². The van der Waals surface area contributed by atoms with Gasteiger partial charge < -0.3 is 10.4 Å². The van der Waals surface area contributed by atoms with Gasteiger partial charge >= 0.3 is 5.97 Å². The van der Waals surface area contributed by atoms with Crippen molar-refractivity contribution in [2.75, 3.05) is 0 Å². The van der Waals surface area contributed by atoms with Crippen LogP contribution in [0.3, 0.4) is 0 Å². The van der Waals surface area contributed by atoms with Gasteiger partial charge in [0.15, 0.2) is 5.65 Å². The Kier molecular flexibility index (Phi) is 6.90. The molecule has 1 aliphatic carbocycles. The van der Waals surface area contributed by atoms with Gasteiger partial charge in [0.05, 0.1) is 17.3 Å². The van der Waals surface area contributed by atoms with Crippen molar-refractivity contribution in [2.45, 2.75) is 44.6 Å². The standard InChI is InChI=1S/C29H25F2N3O3/c30-22-9-6-18(7-10-22)27-19(3-1-2-4-26(35)36)13-20-14-21(16-32-28(20)34-27)29(37)33-25-12-8-17-5-11-23(31)15-24(17)25/h5-7,9-11,13-16,25H,1-4,8,12H2,(H,33,37)(H,35,36)/t25-/m0/s1. The van der Waals surface area contributed by atoms with Gasteiger partial charge in [0.25, 0.3) is 5.91 Å². The second-order valence-electron chi connectivity index (χ2n) is 9.28. The number of benzene rings is 2. The lowest BCUT2D eigenvalue weighted by molar-refractivity contribution is -0.137. The van der Waals surface area contributed by atoms with Crippen LogP contribution in [0.15, 0.2) is 60.8 Å². The van der Waals surface area contributed by atoms with E-state index in [-0.39, 0.29) is 30.0 Å². The first-order chi connectivity index (χ1) is 17.9. The topological polar surface area (TPSA) is 92.2 Å². The van der Waals surface area contributed by atoms with Gasteiger partial charge in [0, 0.05) is 23.6 Å². The molecule has 5 rings (SSSR count). The second kappa shape index (κ2) is 10.4. The summed E-state index contributed by atoms with van der Waals surface area (Å²) in [7, 11) is 0. The molecule has 1 aliphatic rings. The van der Waals surface area contributed by atoms with Crippen molar-refractivity contribution in [3.8, 4) is 11.3 Å². The van der Waals surface area contributed by atoms with Crippen LogP contribution in [0.5, 0.6) is 0 Å². The van der Waals surface area contributed by atoms with Crippen molar-refractivity contribution in [2.24, 2.45) is 0 Å². The molecule has 188 valence electrons. The summed E-state index contributed by atoms with van der Waals surface area (Å²) in [4.78, 5) is 33.1. The summed E-state index contributed by atoms with van der Waals surface area (Å²) in [6, 6.07) is 14.1. The van der Waals surface area contributed by atoms with Crippen LogP contribution in [-0.2, 0) is 17.6 Å². The van der Waals surface area contributed by atoms with E-state index in [4.69, 9.17) is 10.1 Å². The number of carbonyl (C=O) groups excluding carboxylic acids is 1. The molecule has 0 saturated heterocycles. The molecular weight excluding hydrogens is 476 g/mol. The first kappa shape index (κ1) is 24.5. The number of rotatable bonds is 8. The number of carbonyl (C=O) groups is 2. The fourth-order valence-electron chi connectivity index (χ4n) is 4.84. The summed E-state index contributed by atoms with van der Waals surface area (Å²) in [5.41, 5.74) is 4.89. The first-order valence-electron chi connectivity index (χ1n) is 12.2. The third kappa shape index (κ3) is 5.48. The average molecular weight is 502 g/mol. The highest BCUT2D eigenvalue weighted by Crippen LogP contribution is 2.32. The number of fused-ring (bicyclic) bond motifs is 2. The maximum Gasteiger partial charge on any atom is 0.303 e. The number of aromatic nitrogens is 2. The van der Waals surface area contributed by atoms with Crippen molar-refractivity contribution >= 4 is 22.9 Å². The van der Waals surface area contributed by atoms with Crippen LogP contribution in [0.25, 0.3) is 22.3 Å². The Morgan fingerprint density at radius 1 is 1.00 bits per heavy atom. The molecule has 0 spiro atoms. The van der Waals surface area contributed by atoms with E-state index < -0.39 is 5.97 Å². The van der Waals surface area contributed by atoms with Gasteiger partial charge in [-0.3, -0.25) is 9.59 Å². The van der Waals surface area contributed by atoms with Crippen LogP contribution < -0.4 is 5.32 Å². The lowest BCUT2D eigenvalue weighted by Gasteiger charge is -2.15. The molecule has 0 radical (unpaired) electrons. The first-order valence-corrected chi connectivity index (χ1v) is 12.2. The highest BCUT2D eigenvalue weighted by Gasteiger charge is 2.25. The van der Waals surface area contributed by atoms with E-state index >= 15 is 0 Å². The Morgan fingerprint density at radius 2 is 1.78 bits per heavy atom. The number of aliphatic carboxylic acids is 1. The molecule has 0 fully saturated rings. The maximum atomic E-state index is 13.8. The number of carboxylic acids is 1.